The number of likely N-dealkylation sites (tertiary alicyclic amines) is 1. The molecular formula is C17H30N2O3. The van der Waals surface area contributed by atoms with Gasteiger partial charge in [-0.25, -0.2) is 0 Å². The molecule has 0 aromatic carbocycles. The predicted molar refractivity (Wildman–Crippen MR) is 84.5 cm³/mol. The van der Waals surface area contributed by atoms with Crippen LogP contribution in [0.2, 0.25) is 0 Å². The maximum absolute atomic E-state index is 12.5. The summed E-state index contributed by atoms with van der Waals surface area (Å²) >= 11 is 0. The fourth-order valence-electron chi connectivity index (χ4n) is 3.95. The second-order valence-electron chi connectivity index (χ2n) is 7.05. The van der Waals surface area contributed by atoms with Gasteiger partial charge in [-0.2, -0.15) is 0 Å². The zero-order valence-electron chi connectivity index (χ0n) is 13.5. The summed E-state index contributed by atoms with van der Waals surface area (Å²) in [6.45, 7) is 3.23. The summed E-state index contributed by atoms with van der Waals surface area (Å²) in [4.78, 5) is 14.5. The maximum atomic E-state index is 12.5. The summed E-state index contributed by atoms with van der Waals surface area (Å²) in [6.07, 6.45) is 9.07. The van der Waals surface area contributed by atoms with E-state index < -0.39 is 0 Å². The summed E-state index contributed by atoms with van der Waals surface area (Å²) in [7, 11) is 0. The molecule has 2 aliphatic heterocycles. The van der Waals surface area contributed by atoms with Crippen LogP contribution in [0, 0.1) is 5.92 Å². The largest absolute Gasteiger partial charge is 0.376 e. The second kappa shape index (κ2) is 7.75. The molecule has 0 aromatic heterocycles. The zero-order valence-corrected chi connectivity index (χ0v) is 13.5. The van der Waals surface area contributed by atoms with Crippen LogP contribution >= 0.6 is 0 Å². The average molecular weight is 310 g/mol. The maximum Gasteiger partial charge on any atom is 0.227 e. The molecule has 2 heterocycles. The first-order chi connectivity index (χ1) is 10.7. The summed E-state index contributed by atoms with van der Waals surface area (Å²) in [5.74, 6) is 0.340. The molecule has 0 aromatic rings. The van der Waals surface area contributed by atoms with Gasteiger partial charge >= 0.3 is 0 Å². The van der Waals surface area contributed by atoms with Crippen molar-refractivity contribution in [1.29, 1.82) is 0 Å². The number of hydrogen-bond donors (Lipinski definition) is 1. The van der Waals surface area contributed by atoms with Gasteiger partial charge in [-0.3, -0.25) is 4.79 Å². The third kappa shape index (κ3) is 4.00. The SMILES string of the molecule is N[C@@H]1CCC[C@@H]1C(=O)N1CCC(OC[C@H]2CCCCO2)CC1. The standard InChI is InChI=1S/C17H30N2O3/c18-16-6-3-5-15(16)17(20)19-9-7-13(8-10-19)22-12-14-4-1-2-11-21-14/h13-16H,1-12,18H2/t14-,15+,16-/m1/s1. The molecule has 0 bridgehead atoms. The first-order valence-electron chi connectivity index (χ1n) is 9.01. The van der Waals surface area contributed by atoms with E-state index in [-0.39, 0.29) is 30.1 Å². The van der Waals surface area contributed by atoms with E-state index in [9.17, 15) is 4.79 Å². The van der Waals surface area contributed by atoms with E-state index in [2.05, 4.69) is 0 Å². The Morgan fingerprint density at radius 2 is 1.91 bits per heavy atom. The quantitative estimate of drug-likeness (QED) is 0.858. The molecule has 5 nitrogen and oxygen atoms in total. The van der Waals surface area contributed by atoms with Crippen LogP contribution in [0.1, 0.15) is 51.4 Å². The van der Waals surface area contributed by atoms with Crippen molar-refractivity contribution < 1.29 is 14.3 Å². The van der Waals surface area contributed by atoms with Crippen LogP contribution in [0.25, 0.3) is 0 Å². The highest BCUT2D eigenvalue weighted by molar-refractivity contribution is 5.80. The molecule has 3 fully saturated rings. The number of rotatable bonds is 4. The van der Waals surface area contributed by atoms with Gasteiger partial charge in [-0.1, -0.05) is 6.42 Å². The van der Waals surface area contributed by atoms with Crippen molar-refractivity contribution in [3.8, 4) is 0 Å². The van der Waals surface area contributed by atoms with Crippen LogP contribution < -0.4 is 5.73 Å². The lowest BCUT2D eigenvalue weighted by Crippen LogP contribution is -2.46. The smallest absolute Gasteiger partial charge is 0.227 e. The van der Waals surface area contributed by atoms with Crippen LogP contribution in [-0.2, 0) is 14.3 Å². The summed E-state index contributed by atoms with van der Waals surface area (Å²) < 4.78 is 11.7. The number of amides is 1. The number of nitrogens with two attached hydrogens (primary N) is 1. The molecule has 3 atom stereocenters. The van der Waals surface area contributed by atoms with Crippen LogP contribution in [0.4, 0.5) is 0 Å². The number of carbonyl (C=O) groups is 1. The van der Waals surface area contributed by atoms with Gasteiger partial charge < -0.3 is 20.1 Å². The minimum absolute atomic E-state index is 0.0631. The highest BCUT2D eigenvalue weighted by Gasteiger charge is 2.35. The summed E-state index contributed by atoms with van der Waals surface area (Å²) in [5.41, 5.74) is 6.06. The Hall–Kier alpha value is -0.650. The number of nitrogens with zero attached hydrogens (tertiary/aromatic N) is 1. The number of hydrogen-bond acceptors (Lipinski definition) is 4. The molecule has 126 valence electrons. The van der Waals surface area contributed by atoms with Crippen molar-refractivity contribution in [2.45, 2.75) is 69.6 Å². The van der Waals surface area contributed by atoms with Gasteiger partial charge in [-0.15, -0.1) is 0 Å². The van der Waals surface area contributed by atoms with E-state index in [1.54, 1.807) is 0 Å². The normalized spacial score (nSPS) is 34.0. The van der Waals surface area contributed by atoms with Crippen LogP contribution in [-0.4, -0.2) is 55.4 Å². The molecule has 5 heteroatoms. The Morgan fingerprint density at radius 3 is 2.55 bits per heavy atom. The molecule has 0 spiro atoms. The van der Waals surface area contributed by atoms with Crippen molar-refractivity contribution >= 4 is 5.91 Å². The van der Waals surface area contributed by atoms with Crippen molar-refractivity contribution in [2.24, 2.45) is 11.7 Å². The lowest BCUT2D eigenvalue weighted by atomic mass is 10.00. The van der Waals surface area contributed by atoms with Gasteiger partial charge in [-0.05, 0) is 44.9 Å². The van der Waals surface area contributed by atoms with Gasteiger partial charge in [0.25, 0.3) is 0 Å². The second-order valence-corrected chi connectivity index (χ2v) is 7.05. The lowest BCUT2D eigenvalue weighted by molar-refractivity contribution is -0.139. The van der Waals surface area contributed by atoms with E-state index in [4.69, 9.17) is 15.2 Å². The van der Waals surface area contributed by atoms with E-state index in [1.807, 2.05) is 4.90 Å². The fourth-order valence-corrected chi connectivity index (χ4v) is 3.95. The third-order valence-corrected chi connectivity index (χ3v) is 5.43. The molecule has 0 unspecified atom stereocenters. The molecule has 2 N–H and O–H groups in total. The van der Waals surface area contributed by atoms with E-state index in [0.29, 0.717) is 6.61 Å². The minimum atomic E-state index is 0.0631. The van der Waals surface area contributed by atoms with Crippen LogP contribution in [0.15, 0.2) is 0 Å². The summed E-state index contributed by atoms with van der Waals surface area (Å²) in [5, 5.41) is 0. The Balaban J connectivity index is 1.37. The molecule has 3 rings (SSSR count). The van der Waals surface area contributed by atoms with Crippen LogP contribution in [0.5, 0.6) is 0 Å². The fraction of sp³-hybridized carbons (Fsp3) is 0.941. The monoisotopic (exact) mass is 310 g/mol. The first-order valence-corrected chi connectivity index (χ1v) is 9.01. The molecule has 1 amide bonds. The number of carbonyl (C=O) groups excluding carboxylic acids is 1. The van der Waals surface area contributed by atoms with Crippen molar-refractivity contribution in [1.82, 2.24) is 4.90 Å². The van der Waals surface area contributed by atoms with E-state index >= 15 is 0 Å². The minimum Gasteiger partial charge on any atom is -0.376 e. The number of ether oxygens (including phenoxy) is 2. The highest BCUT2D eigenvalue weighted by Crippen LogP contribution is 2.27. The van der Waals surface area contributed by atoms with Gasteiger partial charge in [0.1, 0.15) is 0 Å². The molecule has 1 saturated carbocycles. The third-order valence-electron chi connectivity index (χ3n) is 5.43. The van der Waals surface area contributed by atoms with Gasteiger partial charge in [0.05, 0.1) is 24.7 Å². The molecular weight excluding hydrogens is 280 g/mol. The molecule has 2 saturated heterocycles. The Kier molecular flexibility index (Phi) is 5.71. The van der Waals surface area contributed by atoms with Gasteiger partial charge in [0.2, 0.25) is 5.91 Å². The van der Waals surface area contributed by atoms with Crippen molar-refractivity contribution in [3.63, 3.8) is 0 Å². The topological polar surface area (TPSA) is 64.8 Å². The zero-order chi connectivity index (χ0) is 15.4. The first kappa shape index (κ1) is 16.2. The molecule has 0 radical (unpaired) electrons. The molecule has 22 heavy (non-hydrogen) atoms. The van der Waals surface area contributed by atoms with Gasteiger partial charge in [0.15, 0.2) is 0 Å². The summed E-state index contributed by atoms with van der Waals surface area (Å²) in [6, 6.07) is 0.0740. The van der Waals surface area contributed by atoms with Gasteiger partial charge in [0, 0.05) is 25.7 Å². The van der Waals surface area contributed by atoms with Crippen LogP contribution in [0.3, 0.4) is 0 Å². The Bertz CT molecular complexity index is 363. The predicted octanol–water partition coefficient (Wildman–Crippen LogP) is 1.69. The molecule has 1 aliphatic carbocycles. The van der Waals surface area contributed by atoms with E-state index in [1.165, 1.54) is 12.8 Å². The average Bonchev–Trinajstić information content (AvgIpc) is 3.00. The Morgan fingerprint density at radius 1 is 1.09 bits per heavy atom. The Labute approximate surface area is 133 Å². The van der Waals surface area contributed by atoms with Crippen molar-refractivity contribution in [3.05, 3.63) is 0 Å². The van der Waals surface area contributed by atoms with Crippen molar-refractivity contribution in [2.75, 3.05) is 26.3 Å². The lowest BCUT2D eigenvalue weighted by Gasteiger charge is -2.35. The number of piperidine rings is 1. The highest BCUT2D eigenvalue weighted by atomic mass is 16.5. The molecule has 3 aliphatic rings. The van der Waals surface area contributed by atoms with E-state index in [0.717, 1.165) is 58.2 Å².